The van der Waals surface area contributed by atoms with E-state index in [1.807, 2.05) is 12.1 Å². The molecule has 0 saturated heterocycles. The van der Waals surface area contributed by atoms with Gasteiger partial charge >= 0.3 is 0 Å². The predicted octanol–water partition coefficient (Wildman–Crippen LogP) is 4.44. The van der Waals surface area contributed by atoms with Gasteiger partial charge in [-0.1, -0.05) is 32.6 Å². The zero-order valence-electron chi connectivity index (χ0n) is 13.4. The van der Waals surface area contributed by atoms with E-state index in [1.165, 1.54) is 37.8 Å². The van der Waals surface area contributed by atoms with Crippen LogP contribution in [-0.2, 0) is 4.79 Å². The zero-order chi connectivity index (χ0) is 15.1. The second kappa shape index (κ2) is 8.06. The molecule has 1 saturated carbocycles. The molecule has 1 amide bonds. The van der Waals surface area contributed by atoms with E-state index in [0.717, 1.165) is 25.1 Å². The van der Waals surface area contributed by atoms with E-state index in [2.05, 4.69) is 36.3 Å². The van der Waals surface area contributed by atoms with Gasteiger partial charge in [0.1, 0.15) is 0 Å². The second-order valence-electron chi connectivity index (χ2n) is 6.15. The van der Waals surface area contributed by atoms with E-state index < -0.39 is 0 Å². The highest BCUT2D eigenvalue weighted by Crippen LogP contribution is 2.25. The Kier molecular flexibility index (Phi) is 6.09. The molecule has 0 aliphatic heterocycles. The molecular weight excluding hydrogens is 260 g/mol. The molecule has 0 heterocycles. The first kappa shape index (κ1) is 15.9. The average molecular weight is 288 g/mol. The Morgan fingerprint density at radius 2 is 1.86 bits per heavy atom. The number of amides is 1. The lowest BCUT2D eigenvalue weighted by Gasteiger charge is -2.21. The third kappa shape index (κ3) is 4.76. The van der Waals surface area contributed by atoms with Crippen molar-refractivity contribution in [1.29, 1.82) is 0 Å². The lowest BCUT2D eigenvalue weighted by atomic mass is 9.88. The van der Waals surface area contributed by atoms with Gasteiger partial charge in [0.25, 0.3) is 0 Å². The monoisotopic (exact) mass is 288 g/mol. The van der Waals surface area contributed by atoms with Gasteiger partial charge in [-0.25, -0.2) is 0 Å². The van der Waals surface area contributed by atoms with Crippen LogP contribution < -0.4 is 10.2 Å². The molecule has 116 valence electrons. The molecule has 21 heavy (non-hydrogen) atoms. The van der Waals surface area contributed by atoms with Crippen LogP contribution in [0.3, 0.4) is 0 Å². The number of nitrogens with one attached hydrogen (secondary N) is 1. The van der Waals surface area contributed by atoms with Crippen LogP contribution in [0.25, 0.3) is 0 Å². The Labute approximate surface area is 128 Å². The van der Waals surface area contributed by atoms with Crippen LogP contribution in [0, 0.1) is 5.92 Å². The Hall–Kier alpha value is -1.51. The van der Waals surface area contributed by atoms with Crippen LogP contribution in [0.2, 0.25) is 0 Å². The Bertz CT molecular complexity index is 435. The van der Waals surface area contributed by atoms with Crippen LogP contribution in [0.5, 0.6) is 0 Å². The summed E-state index contributed by atoms with van der Waals surface area (Å²) < 4.78 is 0. The maximum absolute atomic E-state index is 12.2. The van der Waals surface area contributed by atoms with Crippen LogP contribution in [0.4, 0.5) is 11.4 Å². The van der Waals surface area contributed by atoms with Crippen LogP contribution in [-0.4, -0.2) is 19.5 Å². The standard InChI is InChI=1S/C18H28N2O/c1-3-4-14-20(2)17-12-10-16(11-13-17)19-18(21)15-8-6-5-7-9-15/h10-13,15H,3-9,14H2,1-2H3,(H,19,21). The molecule has 3 nitrogen and oxygen atoms in total. The number of anilines is 2. The number of hydrogen-bond acceptors (Lipinski definition) is 2. The van der Waals surface area contributed by atoms with Gasteiger partial charge in [0.15, 0.2) is 0 Å². The molecule has 1 fully saturated rings. The zero-order valence-corrected chi connectivity index (χ0v) is 13.4. The van der Waals surface area contributed by atoms with E-state index >= 15 is 0 Å². The topological polar surface area (TPSA) is 32.3 Å². The lowest BCUT2D eigenvalue weighted by molar-refractivity contribution is -0.120. The van der Waals surface area contributed by atoms with Crippen molar-refractivity contribution in [3.05, 3.63) is 24.3 Å². The van der Waals surface area contributed by atoms with Crippen molar-refractivity contribution in [2.75, 3.05) is 23.8 Å². The fourth-order valence-corrected chi connectivity index (χ4v) is 2.93. The molecule has 0 aromatic heterocycles. The summed E-state index contributed by atoms with van der Waals surface area (Å²) in [7, 11) is 2.12. The van der Waals surface area contributed by atoms with E-state index in [-0.39, 0.29) is 11.8 Å². The van der Waals surface area contributed by atoms with Crippen molar-refractivity contribution in [2.24, 2.45) is 5.92 Å². The molecule has 2 rings (SSSR count). The molecule has 1 aliphatic carbocycles. The van der Waals surface area contributed by atoms with Crippen LogP contribution in [0.1, 0.15) is 51.9 Å². The minimum absolute atomic E-state index is 0.196. The SMILES string of the molecule is CCCCN(C)c1ccc(NC(=O)C2CCCCC2)cc1. The van der Waals surface area contributed by atoms with E-state index in [0.29, 0.717) is 0 Å². The first-order valence-corrected chi connectivity index (χ1v) is 8.32. The summed E-state index contributed by atoms with van der Waals surface area (Å²) in [6.07, 6.45) is 8.17. The minimum atomic E-state index is 0.196. The maximum Gasteiger partial charge on any atom is 0.227 e. The largest absolute Gasteiger partial charge is 0.375 e. The highest BCUT2D eigenvalue weighted by atomic mass is 16.1. The summed E-state index contributed by atoms with van der Waals surface area (Å²) in [6, 6.07) is 8.20. The van der Waals surface area contributed by atoms with Crippen molar-refractivity contribution in [2.45, 2.75) is 51.9 Å². The van der Waals surface area contributed by atoms with Crippen LogP contribution in [0.15, 0.2) is 24.3 Å². The Balaban J connectivity index is 1.88. The van der Waals surface area contributed by atoms with Gasteiger partial charge in [0.2, 0.25) is 5.91 Å². The summed E-state index contributed by atoms with van der Waals surface area (Å²) in [5.41, 5.74) is 2.12. The molecule has 1 aromatic rings. The maximum atomic E-state index is 12.2. The van der Waals surface area contributed by atoms with Crippen molar-refractivity contribution < 1.29 is 4.79 Å². The van der Waals surface area contributed by atoms with E-state index in [4.69, 9.17) is 0 Å². The highest BCUT2D eigenvalue weighted by Gasteiger charge is 2.20. The molecule has 0 radical (unpaired) electrons. The normalized spacial score (nSPS) is 15.7. The summed E-state index contributed by atoms with van der Waals surface area (Å²) in [6.45, 7) is 3.28. The number of unbranched alkanes of at least 4 members (excludes halogenated alkanes) is 1. The lowest BCUT2D eigenvalue weighted by Crippen LogP contribution is -2.24. The molecule has 0 atom stereocenters. The van der Waals surface area contributed by atoms with Crippen molar-refractivity contribution in [1.82, 2.24) is 0 Å². The van der Waals surface area contributed by atoms with Crippen molar-refractivity contribution in [3.8, 4) is 0 Å². The fraction of sp³-hybridized carbons (Fsp3) is 0.611. The van der Waals surface area contributed by atoms with Gasteiger partial charge in [-0.3, -0.25) is 4.79 Å². The Morgan fingerprint density at radius 3 is 2.48 bits per heavy atom. The number of carbonyl (C=O) groups excluding carboxylic acids is 1. The molecule has 1 aliphatic rings. The highest BCUT2D eigenvalue weighted by molar-refractivity contribution is 5.92. The molecule has 3 heteroatoms. The number of nitrogens with zero attached hydrogens (tertiary/aromatic N) is 1. The van der Waals surface area contributed by atoms with Gasteiger partial charge in [0, 0.05) is 30.9 Å². The number of hydrogen-bond donors (Lipinski definition) is 1. The molecular formula is C18H28N2O. The number of benzene rings is 1. The first-order valence-electron chi connectivity index (χ1n) is 8.32. The molecule has 0 unspecified atom stereocenters. The van der Waals surface area contributed by atoms with Crippen molar-refractivity contribution in [3.63, 3.8) is 0 Å². The van der Waals surface area contributed by atoms with Gasteiger partial charge in [-0.15, -0.1) is 0 Å². The fourth-order valence-electron chi connectivity index (χ4n) is 2.93. The van der Waals surface area contributed by atoms with Gasteiger partial charge in [0.05, 0.1) is 0 Å². The van der Waals surface area contributed by atoms with Crippen LogP contribution >= 0.6 is 0 Å². The second-order valence-corrected chi connectivity index (χ2v) is 6.15. The van der Waals surface area contributed by atoms with E-state index in [1.54, 1.807) is 0 Å². The Morgan fingerprint density at radius 1 is 1.19 bits per heavy atom. The number of rotatable bonds is 6. The van der Waals surface area contributed by atoms with Crippen molar-refractivity contribution >= 4 is 17.3 Å². The summed E-state index contributed by atoms with van der Waals surface area (Å²) >= 11 is 0. The third-order valence-electron chi connectivity index (χ3n) is 4.40. The molecule has 0 bridgehead atoms. The molecule has 1 N–H and O–H groups in total. The van der Waals surface area contributed by atoms with Gasteiger partial charge in [-0.05, 0) is 43.5 Å². The average Bonchev–Trinajstić information content (AvgIpc) is 2.54. The summed E-state index contributed by atoms with van der Waals surface area (Å²) in [4.78, 5) is 14.5. The van der Waals surface area contributed by atoms with E-state index in [9.17, 15) is 4.79 Å². The predicted molar refractivity (Wildman–Crippen MR) is 89.8 cm³/mol. The summed E-state index contributed by atoms with van der Waals surface area (Å²) in [5, 5.41) is 3.06. The smallest absolute Gasteiger partial charge is 0.227 e. The first-order chi connectivity index (χ1) is 10.2. The third-order valence-corrected chi connectivity index (χ3v) is 4.40. The molecule has 0 spiro atoms. The minimum Gasteiger partial charge on any atom is -0.375 e. The van der Waals surface area contributed by atoms with Gasteiger partial charge in [-0.2, -0.15) is 0 Å². The van der Waals surface area contributed by atoms with Gasteiger partial charge < -0.3 is 10.2 Å². The summed E-state index contributed by atoms with van der Waals surface area (Å²) in [5.74, 6) is 0.410. The quantitative estimate of drug-likeness (QED) is 0.839. The molecule has 1 aromatic carbocycles. The number of carbonyl (C=O) groups is 1.